The first-order chi connectivity index (χ1) is 40.5. The van der Waals surface area contributed by atoms with Gasteiger partial charge in [0.25, 0.3) is 0 Å². The van der Waals surface area contributed by atoms with Crippen molar-refractivity contribution >= 4 is 17.9 Å². The van der Waals surface area contributed by atoms with E-state index in [1.807, 2.05) is 0 Å². The third kappa shape index (κ3) is 67.1. The molecule has 0 heterocycles. The van der Waals surface area contributed by atoms with Crippen molar-refractivity contribution in [2.45, 2.75) is 354 Å². The van der Waals surface area contributed by atoms with E-state index in [4.69, 9.17) is 14.2 Å². The van der Waals surface area contributed by atoms with Gasteiger partial charge in [0.2, 0.25) is 0 Å². The summed E-state index contributed by atoms with van der Waals surface area (Å²) in [5.74, 6) is -0.912. The Hall–Kier alpha value is -3.67. The van der Waals surface area contributed by atoms with Crippen molar-refractivity contribution in [1.29, 1.82) is 0 Å². The van der Waals surface area contributed by atoms with Crippen LogP contribution in [0.25, 0.3) is 0 Å². The minimum Gasteiger partial charge on any atom is -0.462 e. The van der Waals surface area contributed by atoms with Crippen molar-refractivity contribution in [2.24, 2.45) is 0 Å². The Morgan fingerprint density at radius 1 is 0.256 bits per heavy atom. The SMILES string of the molecule is CC/C=C\C/C=C\C/C=C\C/C=C\C/C=C\C/C=C\C/C=C\C/C=C\CCCCC(=O)OCC(COC(=O)CCCCCCCCCCCCCCCCCCC)OC(=O)CCCCCCCCCCCCCCCCCCCCCC. The van der Waals surface area contributed by atoms with Crippen molar-refractivity contribution < 1.29 is 28.6 Å². The molecule has 0 fully saturated rings. The minimum atomic E-state index is -0.795. The second kappa shape index (κ2) is 69.8. The second-order valence-electron chi connectivity index (χ2n) is 23.4. The largest absolute Gasteiger partial charge is 0.462 e. The maximum absolute atomic E-state index is 13.0. The van der Waals surface area contributed by atoms with E-state index >= 15 is 0 Å². The summed E-state index contributed by atoms with van der Waals surface area (Å²) in [5.41, 5.74) is 0. The molecule has 0 aliphatic heterocycles. The summed E-state index contributed by atoms with van der Waals surface area (Å²) in [6, 6.07) is 0. The van der Waals surface area contributed by atoms with Crippen molar-refractivity contribution in [1.82, 2.24) is 0 Å². The lowest BCUT2D eigenvalue weighted by atomic mass is 10.0. The predicted octanol–water partition coefficient (Wildman–Crippen LogP) is 24.4. The van der Waals surface area contributed by atoms with E-state index in [1.54, 1.807) is 0 Å². The molecule has 1 unspecified atom stereocenters. The van der Waals surface area contributed by atoms with Crippen LogP contribution in [-0.4, -0.2) is 37.2 Å². The highest BCUT2D eigenvalue weighted by molar-refractivity contribution is 5.71. The van der Waals surface area contributed by atoms with Crippen LogP contribution in [0.3, 0.4) is 0 Å². The zero-order chi connectivity index (χ0) is 59.2. The molecule has 0 aromatic heterocycles. The van der Waals surface area contributed by atoms with Crippen LogP contribution in [0.15, 0.2) is 97.2 Å². The fourth-order valence-corrected chi connectivity index (χ4v) is 10.1. The number of carbonyl (C=O) groups excluding carboxylic acids is 3. The molecule has 0 aliphatic carbocycles. The first-order valence-electron chi connectivity index (χ1n) is 35.2. The Kier molecular flexibility index (Phi) is 66.7. The molecule has 0 amide bonds. The van der Waals surface area contributed by atoms with Gasteiger partial charge in [-0.05, 0) is 83.5 Å². The molecular formula is C76H132O6. The molecule has 82 heavy (non-hydrogen) atoms. The maximum atomic E-state index is 13.0. The van der Waals surface area contributed by atoms with Gasteiger partial charge in [0.05, 0.1) is 0 Å². The third-order valence-corrected chi connectivity index (χ3v) is 15.4. The van der Waals surface area contributed by atoms with Crippen LogP contribution < -0.4 is 0 Å². The van der Waals surface area contributed by atoms with Crippen LogP contribution >= 0.6 is 0 Å². The molecular weight excluding hydrogens is 1010 g/mol. The van der Waals surface area contributed by atoms with Crippen LogP contribution in [0.1, 0.15) is 348 Å². The second-order valence-corrected chi connectivity index (χ2v) is 23.4. The van der Waals surface area contributed by atoms with Crippen LogP contribution in [0.4, 0.5) is 0 Å². The molecule has 6 nitrogen and oxygen atoms in total. The average molecular weight is 1140 g/mol. The van der Waals surface area contributed by atoms with Gasteiger partial charge in [-0.15, -0.1) is 0 Å². The van der Waals surface area contributed by atoms with Gasteiger partial charge in [0.15, 0.2) is 6.10 Å². The molecule has 0 bridgehead atoms. The van der Waals surface area contributed by atoms with E-state index in [1.165, 1.54) is 199 Å². The Bertz CT molecular complexity index is 1590. The van der Waals surface area contributed by atoms with Crippen LogP contribution in [0.2, 0.25) is 0 Å². The Morgan fingerprint density at radius 3 is 0.744 bits per heavy atom. The van der Waals surface area contributed by atoms with E-state index in [2.05, 4.69) is 118 Å². The lowest BCUT2D eigenvalue weighted by molar-refractivity contribution is -0.167. The van der Waals surface area contributed by atoms with Gasteiger partial charge in [0, 0.05) is 19.3 Å². The smallest absolute Gasteiger partial charge is 0.306 e. The summed E-state index contributed by atoms with van der Waals surface area (Å²) in [7, 11) is 0. The van der Waals surface area contributed by atoms with Crippen LogP contribution in [-0.2, 0) is 28.6 Å². The number of carbonyl (C=O) groups is 3. The number of allylic oxidation sites excluding steroid dienone is 16. The monoisotopic (exact) mass is 1140 g/mol. The van der Waals surface area contributed by atoms with Gasteiger partial charge >= 0.3 is 17.9 Å². The molecule has 0 saturated heterocycles. The standard InChI is InChI=1S/C76H132O6/c1-4-7-10-13-16-19-22-25-28-31-33-35-36-37-38-39-40-41-43-45-48-51-54-57-60-63-66-69-75(78)81-72-73(71-80-74(77)68-65-62-59-56-53-50-47-44-30-27-24-21-18-15-12-9-6-3)82-76(79)70-67-64-61-58-55-52-49-46-42-34-32-29-26-23-20-17-14-11-8-5-2/h7,10,16,19,25,28,33,35,37-38,40-41,45,48,54,57,73H,4-6,8-9,11-15,17-18,20-24,26-27,29-32,34,36,39,42-44,46-47,49-53,55-56,58-72H2,1-3H3/b10-7-,19-16-,28-25-,35-33-,38-37-,41-40-,48-45-,57-54-. The van der Waals surface area contributed by atoms with E-state index in [0.717, 1.165) is 109 Å². The average Bonchev–Trinajstić information content (AvgIpc) is 3.47. The maximum Gasteiger partial charge on any atom is 0.306 e. The molecule has 0 radical (unpaired) electrons. The molecule has 0 aromatic rings. The predicted molar refractivity (Wildman–Crippen MR) is 357 cm³/mol. The topological polar surface area (TPSA) is 78.9 Å². The Balaban J connectivity index is 4.42. The van der Waals surface area contributed by atoms with Crippen molar-refractivity contribution in [3.8, 4) is 0 Å². The molecule has 472 valence electrons. The Morgan fingerprint density at radius 2 is 0.476 bits per heavy atom. The summed E-state index contributed by atoms with van der Waals surface area (Å²) in [5, 5.41) is 0. The van der Waals surface area contributed by atoms with Crippen LogP contribution in [0, 0.1) is 0 Å². The summed E-state index contributed by atoms with van der Waals surface area (Å²) in [4.78, 5) is 38.5. The molecule has 0 spiro atoms. The highest BCUT2D eigenvalue weighted by Crippen LogP contribution is 2.18. The highest BCUT2D eigenvalue weighted by atomic mass is 16.6. The van der Waals surface area contributed by atoms with Gasteiger partial charge in [-0.25, -0.2) is 0 Å². The molecule has 1 atom stereocenters. The van der Waals surface area contributed by atoms with E-state index in [-0.39, 0.29) is 31.1 Å². The zero-order valence-corrected chi connectivity index (χ0v) is 54.2. The summed E-state index contributed by atoms with van der Waals surface area (Å²) in [6.45, 7) is 6.55. The molecule has 0 saturated carbocycles. The fraction of sp³-hybridized carbons (Fsp3) is 0.750. The number of hydrogen-bond donors (Lipinski definition) is 0. The van der Waals surface area contributed by atoms with Crippen molar-refractivity contribution in [3.63, 3.8) is 0 Å². The zero-order valence-electron chi connectivity index (χ0n) is 54.2. The van der Waals surface area contributed by atoms with Gasteiger partial charge in [-0.3, -0.25) is 14.4 Å². The number of unbranched alkanes of at least 4 members (excludes halogenated alkanes) is 37. The van der Waals surface area contributed by atoms with E-state index < -0.39 is 6.10 Å². The fourth-order valence-electron chi connectivity index (χ4n) is 10.1. The lowest BCUT2D eigenvalue weighted by Crippen LogP contribution is -2.30. The molecule has 0 rings (SSSR count). The number of hydrogen-bond acceptors (Lipinski definition) is 6. The van der Waals surface area contributed by atoms with Crippen molar-refractivity contribution in [2.75, 3.05) is 13.2 Å². The van der Waals surface area contributed by atoms with Gasteiger partial charge in [-0.2, -0.15) is 0 Å². The Labute approximate surface area is 508 Å². The third-order valence-electron chi connectivity index (χ3n) is 15.4. The van der Waals surface area contributed by atoms with E-state index in [0.29, 0.717) is 19.3 Å². The molecule has 0 N–H and O–H groups in total. The minimum absolute atomic E-state index is 0.0866. The molecule has 0 aromatic carbocycles. The highest BCUT2D eigenvalue weighted by Gasteiger charge is 2.19. The normalized spacial score (nSPS) is 12.7. The van der Waals surface area contributed by atoms with Crippen LogP contribution in [0.5, 0.6) is 0 Å². The molecule has 0 aliphatic rings. The number of ether oxygens (including phenoxy) is 3. The number of rotatable bonds is 64. The first kappa shape index (κ1) is 78.3. The van der Waals surface area contributed by atoms with Crippen molar-refractivity contribution in [3.05, 3.63) is 97.2 Å². The van der Waals surface area contributed by atoms with Gasteiger partial charge in [0.1, 0.15) is 13.2 Å². The summed E-state index contributed by atoms with van der Waals surface area (Å²) < 4.78 is 17.0. The summed E-state index contributed by atoms with van der Waals surface area (Å²) >= 11 is 0. The summed E-state index contributed by atoms with van der Waals surface area (Å²) in [6.07, 6.45) is 94.3. The quantitative estimate of drug-likeness (QED) is 0.0261. The van der Waals surface area contributed by atoms with Gasteiger partial charge in [-0.1, -0.05) is 343 Å². The first-order valence-corrected chi connectivity index (χ1v) is 35.2. The number of esters is 3. The molecule has 6 heteroatoms. The van der Waals surface area contributed by atoms with E-state index in [9.17, 15) is 14.4 Å². The lowest BCUT2D eigenvalue weighted by Gasteiger charge is -2.18. The van der Waals surface area contributed by atoms with Gasteiger partial charge < -0.3 is 14.2 Å².